The third kappa shape index (κ3) is 5.94. The van der Waals surface area contributed by atoms with Crippen LogP contribution in [0.2, 0.25) is 0 Å². The van der Waals surface area contributed by atoms with E-state index in [1.807, 2.05) is 35.2 Å². The van der Waals surface area contributed by atoms with Crippen LogP contribution in [-0.4, -0.2) is 40.2 Å². The number of aliphatic carboxylic acids is 1. The SMILES string of the molecule is CCc1cc2ccccc2cc1CN1CC(CCCc2ccc(OC(C)(C)C(=O)O)cc2)NC1=O. The summed E-state index contributed by atoms with van der Waals surface area (Å²) in [5.41, 5.74) is 2.41. The highest BCUT2D eigenvalue weighted by atomic mass is 16.5. The topological polar surface area (TPSA) is 78.9 Å². The summed E-state index contributed by atoms with van der Waals surface area (Å²) in [6, 6.07) is 20.6. The standard InChI is InChI=1S/C29H34N2O4/c1-4-21-16-22-9-5-6-10-23(22)17-24(21)18-31-19-25(30-28(31)34)11-7-8-20-12-14-26(15-13-20)35-29(2,3)27(32)33/h5-6,9-10,12-17,25H,4,7-8,11,18-19H2,1-3H3,(H,30,34)(H,32,33). The van der Waals surface area contributed by atoms with Crippen molar-refractivity contribution < 1.29 is 19.4 Å². The van der Waals surface area contributed by atoms with Crippen LogP contribution in [0.25, 0.3) is 10.8 Å². The van der Waals surface area contributed by atoms with Gasteiger partial charge < -0.3 is 20.1 Å². The summed E-state index contributed by atoms with van der Waals surface area (Å²) in [7, 11) is 0. The lowest BCUT2D eigenvalue weighted by molar-refractivity contribution is -0.152. The molecule has 1 fully saturated rings. The summed E-state index contributed by atoms with van der Waals surface area (Å²) in [4.78, 5) is 25.8. The van der Waals surface area contributed by atoms with Crippen LogP contribution in [0, 0.1) is 0 Å². The van der Waals surface area contributed by atoms with Gasteiger partial charge in [0.25, 0.3) is 0 Å². The van der Waals surface area contributed by atoms with E-state index in [2.05, 4.69) is 42.6 Å². The third-order valence-corrected chi connectivity index (χ3v) is 6.70. The molecule has 35 heavy (non-hydrogen) atoms. The normalized spacial score (nSPS) is 15.9. The number of carbonyl (C=O) groups is 2. The molecule has 2 N–H and O–H groups in total. The van der Waals surface area contributed by atoms with E-state index in [1.165, 1.54) is 35.7 Å². The highest BCUT2D eigenvalue weighted by molar-refractivity contribution is 5.84. The first-order chi connectivity index (χ1) is 16.7. The number of ether oxygens (including phenoxy) is 1. The molecule has 0 saturated carbocycles. The Bertz CT molecular complexity index is 1200. The zero-order chi connectivity index (χ0) is 25.0. The predicted molar refractivity (Wildman–Crippen MR) is 138 cm³/mol. The third-order valence-electron chi connectivity index (χ3n) is 6.70. The van der Waals surface area contributed by atoms with Gasteiger partial charge in [0.15, 0.2) is 5.60 Å². The molecule has 3 aromatic carbocycles. The highest BCUT2D eigenvalue weighted by Gasteiger charge is 2.30. The minimum absolute atomic E-state index is 0.00718. The van der Waals surface area contributed by atoms with Gasteiger partial charge in [0.2, 0.25) is 0 Å². The van der Waals surface area contributed by atoms with Gasteiger partial charge in [-0.25, -0.2) is 9.59 Å². The zero-order valence-corrected chi connectivity index (χ0v) is 20.7. The summed E-state index contributed by atoms with van der Waals surface area (Å²) >= 11 is 0. The van der Waals surface area contributed by atoms with Crippen LogP contribution < -0.4 is 10.1 Å². The Morgan fingerprint density at radius 3 is 2.37 bits per heavy atom. The average molecular weight is 475 g/mol. The number of fused-ring (bicyclic) bond motifs is 1. The number of rotatable bonds is 10. The Morgan fingerprint density at radius 1 is 1.09 bits per heavy atom. The fourth-order valence-electron chi connectivity index (χ4n) is 4.59. The lowest BCUT2D eigenvalue weighted by atomic mass is 9.99. The number of nitrogens with one attached hydrogen (secondary N) is 1. The van der Waals surface area contributed by atoms with E-state index >= 15 is 0 Å². The van der Waals surface area contributed by atoms with Crippen molar-refractivity contribution in [3.05, 3.63) is 77.4 Å². The molecule has 0 radical (unpaired) electrons. The van der Waals surface area contributed by atoms with E-state index in [-0.39, 0.29) is 12.1 Å². The summed E-state index contributed by atoms with van der Waals surface area (Å²) in [5, 5.41) is 14.8. The Kier molecular flexibility index (Phi) is 7.29. The number of hydrogen-bond donors (Lipinski definition) is 2. The molecule has 1 saturated heterocycles. The Balaban J connectivity index is 1.29. The second kappa shape index (κ2) is 10.4. The van der Waals surface area contributed by atoms with Gasteiger partial charge in [0.05, 0.1) is 0 Å². The van der Waals surface area contributed by atoms with Gasteiger partial charge >= 0.3 is 12.0 Å². The van der Waals surface area contributed by atoms with Crippen LogP contribution in [0.15, 0.2) is 60.7 Å². The number of amides is 2. The fourth-order valence-corrected chi connectivity index (χ4v) is 4.59. The van der Waals surface area contributed by atoms with Gasteiger partial charge in [-0.3, -0.25) is 0 Å². The lowest BCUT2D eigenvalue weighted by Gasteiger charge is -2.21. The molecule has 1 unspecified atom stereocenters. The molecule has 2 amide bonds. The summed E-state index contributed by atoms with van der Waals surface area (Å²) < 4.78 is 5.56. The maximum absolute atomic E-state index is 12.6. The number of aryl methyl sites for hydroxylation is 2. The monoisotopic (exact) mass is 474 g/mol. The first kappa shape index (κ1) is 24.6. The maximum Gasteiger partial charge on any atom is 0.347 e. The van der Waals surface area contributed by atoms with Crippen molar-refractivity contribution in [1.82, 2.24) is 10.2 Å². The van der Waals surface area contributed by atoms with Crippen LogP contribution in [0.3, 0.4) is 0 Å². The van der Waals surface area contributed by atoms with Crippen LogP contribution in [0.4, 0.5) is 4.79 Å². The Hall–Kier alpha value is -3.54. The average Bonchev–Trinajstić information content (AvgIpc) is 3.18. The van der Waals surface area contributed by atoms with E-state index in [0.717, 1.165) is 31.2 Å². The minimum Gasteiger partial charge on any atom is -0.478 e. The van der Waals surface area contributed by atoms with E-state index in [1.54, 1.807) is 0 Å². The molecule has 0 bridgehead atoms. The van der Waals surface area contributed by atoms with Crippen LogP contribution in [0.5, 0.6) is 5.75 Å². The molecule has 0 aromatic heterocycles. The quantitative estimate of drug-likeness (QED) is 0.403. The first-order valence-electron chi connectivity index (χ1n) is 12.3. The van der Waals surface area contributed by atoms with Crippen molar-refractivity contribution in [2.24, 2.45) is 0 Å². The summed E-state index contributed by atoms with van der Waals surface area (Å²) in [5.74, 6) is -0.458. The molecule has 0 aliphatic carbocycles. The number of nitrogens with zero attached hydrogens (tertiary/aromatic N) is 1. The van der Waals surface area contributed by atoms with Crippen molar-refractivity contribution in [2.45, 2.75) is 64.6 Å². The molecule has 6 heteroatoms. The van der Waals surface area contributed by atoms with Crippen LogP contribution in [-0.2, 0) is 24.2 Å². The summed E-state index contributed by atoms with van der Waals surface area (Å²) in [6.45, 7) is 6.57. The molecule has 4 rings (SSSR count). The van der Waals surface area contributed by atoms with E-state index in [0.29, 0.717) is 18.8 Å². The largest absolute Gasteiger partial charge is 0.478 e. The minimum atomic E-state index is -1.27. The fraction of sp³-hybridized carbons (Fsp3) is 0.379. The van der Waals surface area contributed by atoms with Crippen molar-refractivity contribution >= 4 is 22.8 Å². The zero-order valence-electron chi connectivity index (χ0n) is 20.7. The van der Waals surface area contributed by atoms with Crippen molar-refractivity contribution in [3.8, 4) is 5.75 Å². The van der Waals surface area contributed by atoms with Gasteiger partial charge in [-0.1, -0.05) is 49.4 Å². The molecular formula is C29H34N2O4. The van der Waals surface area contributed by atoms with Crippen molar-refractivity contribution in [2.75, 3.05) is 6.54 Å². The van der Waals surface area contributed by atoms with E-state index in [4.69, 9.17) is 4.74 Å². The van der Waals surface area contributed by atoms with E-state index in [9.17, 15) is 14.7 Å². The number of benzene rings is 3. The molecule has 1 aliphatic heterocycles. The highest BCUT2D eigenvalue weighted by Crippen LogP contribution is 2.24. The van der Waals surface area contributed by atoms with Crippen LogP contribution in [0.1, 0.15) is 50.3 Å². The van der Waals surface area contributed by atoms with Gasteiger partial charge in [-0.2, -0.15) is 0 Å². The number of carbonyl (C=O) groups excluding carboxylic acids is 1. The van der Waals surface area contributed by atoms with Gasteiger partial charge in [-0.05, 0) is 85.2 Å². The molecular weight excluding hydrogens is 440 g/mol. The molecule has 3 aromatic rings. The second-order valence-corrected chi connectivity index (χ2v) is 9.80. The number of carboxylic acid groups (broad SMARTS) is 1. The number of urea groups is 1. The Morgan fingerprint density at radius 2 is 1.74 bits per heavy atom. The lowest BCUT2D eigenvalue weighted by Crippen LogP contribution is -2.37. The maximum atomic E-state index is 12.6. The summed E-state index contributed by atoms with van der Waals surface area (Å²) in [6.07, 6.45) is 3.69. The van der Waals surface area contributed by atoms with Gasteiger partial charge in [0, 0.05) is 19.1 Å². The molecule has 0 spiro atoms. The first-order valence-corrected chi connectivity index (χ1v) is 12.3. The van der Waals surface area contributed by atoms with Gasteiger partial charge in [-0.15, -0.1) is 0 Å². The smallest absolute Gasteiger partial charge is 0.347 e. The molecule has 1 heterocycles. The molecule has 184 valence electrons. The second-order valence-electron chi connectivity index (χ2n) is 9.80. The van der Waals surface area contributed by atoms with Crippen molar-refractivity contribution in [3.63, 3.8) is 0 Å². The number of carboxylic acids is 1. The molecule has 6 nitrogen and oxygen atoms in total. The van der Waals surface area contributed by atoms with Crippen molar-refractivity contribution in [1.29, 1.82) is 0 Å². The van der Waals surface area contributed by atoms with Crippen LogP contribution >= 0.6 is 0 Å². The van der Waals surface area contributed by atoms with Gasteiger partial charge in [0.1, 0.15) is 5.75 Å². The van der Waals surface area contributed by atoms with E-state index < -0.39 is 11.6 Å². The number of hydrogen-bond acceptors (Lipinski definition) is 3. The molecule has 1 atom stereocenters. The Labute approximate surface area is 206 Å². The predicted octanol–water partition coefficient (Wildman–Crippen LogP) is 5.56. The molecule has 1 aliphatic rings.